The van der Waals surface area contributed by atoms with Gasteiger partial charge in [-0.15, -0.1) is 0 Å². The van der Waals surface area contributed by atoms with Gasteiger partial charge in [0.1, 0.15) is 11.5 Å². The lowest BCUT2D eigenvalue weighted by atomic mass is 9.93. The number of ether oxygens (including phenoxy) is 3. The number of aryl methyl sites for hydroxylation is 1. The van der Waals surface area contributed by atoms with Crippen molar-refractivity contribution in [3.8, 4) is 17.2 Å². The molecule has 0 aromatic heterocycles. The zero-order valence-electron chi connectivity index (χ0n) is 22.0. The molecule has 0 saturated carbocycles. The molecule has 8 nitrogen and oxygen atoms in total. The summed E-state index contributed by atoms with van der Waals surface area (Å²) in [6.07, 6.45) is 0. The van der Waals surface area contributed by atoms with E-state index in [1.54, 1.807) is 49.5 Å². The monoisotopic (exact) mass is 496 g/mol. The standard InChI is InChI=1S/C28H36N2O6/c1-7-29(8-2)14-15-30-25(19-10-13-22(36-9-3)23(17-19)35-6)24(27(32)28(30)33)26(31)21-12-11-20(34-5)16-18(21)4/h10-13,16-17,25,31H,7-9,14-15H2,1-6H3/t25-/m0/s1. The molecule has 1 saturated heterocycles. The van der Waals surface area contributed by atoms with Crippen molar-refractivity contribution in [1.29, 1.82) is 0 Å². The van der Waals surface area contributed by atoms with E-state index in [4.69, 9.17) is 14.2 Å². The number of nitrogens with zero attached hydrogens (tertiary/aromatic N) is 2. The van der Waals surface area contributed by atoms with Crippen molar-refractivity contribution in [1.82, 2.24) is 9.80 Å². The van der Waals surface area contributed by atoms with E-state index in [1.807, 2.05) is 19.9 Å². The predicted molar refractivity (Wildman–Crippen MR) is 139 cm³/mol. The van der Waals surface area contributed by atoms with Gasteiger partial charge in [0, 0.05) is 18.7 Å². The molecule has 194 valence electrons. The summed E-state index contributed by atoms with van der Waals surface area (Å²) >= 11 is 0. The minimum Gasteiger partial charge on any atom is -0.507 e. The zero-order valence-corrected chi connectivity index (χ0v) is 22.0. The third-order valence-corrected chi connectivity index (χ3v) is 6.58. The van der Waals surface area contributed by atoms with E-state index in [-0.39, 0.29) is 11.3 Å². The molecule has 1 N–H and O–H groups in total. The Morgan fingerprint density at radius 1 is 1.00 bits per heavy atom. The lowest BCUT2D eigenvalue weighted by molar-refractivity contribution is -0.140. The Bertz CT molecular complexity index is 1140. The zero-order chi connectivity index (χ0) is 26.4. The Morgan fingerprint density at radius 2 is 1.72 bits per heavy atom. The second kappa shape index (κ2) is 11.9. The van der Waals surface area contributed by atoms with Gasteiger partial charge in [-0.05, 0) is 68.4 Å². The molecule has 2 aromatic rings. The minimum absolute atomic E-state index is 0.0547. The third-order valence-electron chi connectivity index (χ3n) is 6.58. The summed E-state index contributed by atoms with van der Waals surface area (Å²) in [6, 6.07) is 9.76. The molecule has 0 spiro atoms. The molecular formula is C28H36N2O6. The molecule has 36 heavy (non-hydrogen) atoms. The van der Waals surface area contributed by atoms with Crippen molar-refractivity contribution >= 4 is 17.4 Å². The van der Waals surface area contributed by atoms with Gasteiger partial charge in [-0.1, -0.05) is 19.9 Å². The number of carbonyl (C=O) groups is 2. The van der Waals surface area contributed by atoms with Gasteiger partial charge in [-0.3, -0.25) is 9.59 Å². The summed E-state index contributed by atoms with van der Waals surface area (Å²) in [4.78, 5) is 30.3. The minimum atomic E-state index is -0.772. The smallest absolute Gasteiger partial charge is 0.295 e. The van der Waals surface area contributed by atoms with Crippen LogP contribution in [0.15, 0.2) is 42.0 Å². The number of Topliss-reactive ketones (excluding diaryl/α,β-unsaturated/α-hetero) is 1. The van der Waals surface area contributed by atoms with Gasteiger partial charge in [0.05, 0.1) is 32.4 Å². The van der Waals surface area contributed by atoms with Gasteiger partial charge in [0.25, 0.3) is 11.7 Å². The van der Waals surface area contributed by atoms with Crippen LogP contribution >= 0.6 is 0 Å². The van der Waals surface area contributed by atoms with Gasteiger partial charge in [0.15, 0.2) is 11.5 Å². The van der Waals surface area contributed by atoms with Gasteiger partial charge >= 0.3 is 0 Å². The molecular weight excluding hydrogens is 460 g/mol. The quantitative estimate of drug-likeness (QED) is 0.284. The number of methoxy groups -OCH3 is 2. The normalized spacial score (nSPS) is 17.1. The summed E-state index contributed by atoms with van der Waals surface area (Å²) in [5.74, 6) is 0.139. The fourth-order valence-electron chi connectivity index (χ4n) is 4.55. The maximum Gasteiger partial charge on any atom is 0.295 e. The molecule has 1 aliphatic rings. The molecule has 0 bridgehead atoms. The van der Waals surface area contributed by atoms with E-state index < -0.39 is 17.7 Å². The molecule has 1 heterocycles. The molecule has 0 radical (unpaired) electrons. The summed E-state index contributed by atoms with van der Waals surface area (Å²) in [5.41, 5.74) is 1.91. The average Bonchev–Trinajstić information content (AvgIpc) is 3.14. The highest BCUT2D eigenvalue weighted by Gasteiger charge is 2.46. The highest BCUT2D eigenvalue weighted by Crippen LogP contribution is 2.42. The Hall–Kier alpha value is -3.52. The number of rotatable bonds is 11. The average molecular weight is 497 g/mol. The Morgan fingerprint density at radius 3 is 2.31 bits per heavy atom. The van der Waals surface area contributed by atoms with Crippen LogP contribution in [0.1, 0.15) is 43.5 Å². The van der Waals surface area contributed by atoms with Gasteiger partial charge in [-0.25, -0.2) is 0 Å². The molecule has 0 unspecified atom stereocenters. The summed E-state index contributed by atoms with van der Waals surface area (Å²) in [6.45, 7) is 10.9. The maximum absolute atomic E-state index is 13.4. The van der Waals surface area contributed by atoms with Gasteiger partial charge in [-0.2, -0.15) is 0 Å². The maximum atomic E-state index is 13.4. The lowest BCUT2D eigenvalue weighted by Gasteiger charge is -2.28. The second-order valence-corrected chi connectivity index (χ2v) is 8.54. The van der Waals surface area contributed by atoms with Gasteiger partial charge in [0.2, 0.25) is 0 Å². The first-order valence-electron chi connectivity index (χ1n) is 12.3. The van der Waals surface area contributed by atoms with Gasteiger partial charge < -0.3 is 29.1 Å². The Kier molecular flexibility index (Phi) is 8.98. The first kappa shape index (κ1) is 27.1. The number of likely N-dealkylation sites (tertiary alicyclic amines) is 1. The fourth-order valence-corrected chi connectivity index (χ4v) is 4.55. The summed E-state index contributed by atoms with van der Waals surface area (Å²) in [7, 11) is 3.11. The van der Waals surface area contributed by atoms with Crippen LogP contribution in [-0.4, -0.2) is 73.6 Å². The van der Waals surface area contributed by atoms with E-state index >= 15 is 0 Å². The lowest BCUT2D eigenvalue weighted by Crippen LogP contribution is -2.38. The first-order chi connectivity index (χ1) is 17.3. The number of ketones is 1. The number of hydrogen-bond acceptors (Lipinski definition) is 7. The number of aliphatic hydroxyl groups excluding tert-OH is 1. The molecule has 2 aromatic carbocycles. The Balaban J connectivity index is 2.17. The Labute approximate surface area is 213 Å². The van der Waals surface area contributed by atoms with Crippen LogP contribution in [0.3, 0.4) is 0 Å². The van der Waals surface area contributed by atoms with E-state index in [2.05, 4.69) is 18.7 Å². The summed E-state index contributed by atoms with van der Waals surface area (Å²) < 4.78 is 16.5. The van der Waals surface area contributed by atoms with Crippen molar-refractivity contribution in [3.63, 3.8) is 0 Å². The molecule has 0 aliphatic carbocycles. The van der Waals surface area contributed by atoms with Crippen LogP contribution in [0.25, 0.3) is 5.76 Å². The van der Waals surface area contributed by atoms with Crippen LogP contribution < -0.4 is 14.2 Å². The number of amides is 1. The summed E-state index contributed by atoms with van der Waals surface area (Å²) in [5, 5.41) is 11.4. The predicted octanol–water partition coefficient (Wildman–Crippen LogP) is 4.17. The third kappa shape index (κ3) is 5.33. The van der Waals surface area contributed by atoms with Crippen LogP contribution in [0.4, 0.5) is 0 Å². The largest absolute Gasteiger partial charge is 0.507 e. The topological polar surface area (TPSA) is 88.5 Å². The molecule has 1 amide bonds. The van der Waals surface area contributed by atoms with E-state index in [9.17, 15) is 14.7 Å². The van der Waals surface area contributed by atoms with E-state index in [1.165, 1.54) is 0 Å². The first-order valence-corrected chi connectivity index (χ1v) is 12.3. The van der Waals surface area contributed by atoms with Crippen molar-refractivity contribution < 1.29 is 28.9 Å². The van der Waals surface area contributed by atoms with Crippen molar-refractivity contribution in [3.05, 3.63) is 58.7 Å². The van der Waals surface area contributed by atoms with Crippen LogP contribution in [0, 0.1) is 6.92 Å². The fraction of sp³-hybridized carbons (Fsp3) is 0.429. The number of likely N-dealkylation sites (N-methyl/N-ethyl adjacent to an activating group) is 1. The molecule has 8 heteroatoms. The van der Waals surface area contributed by atoms with Crippen molar-refractivity contribution in [2.24, 2.45) is 0 Å². The van der Waals surface area contributed by atoms with Crippen LogP contribution in [0.2, 0.25) is 0 Å². The number of carbonyl (C=O) groups excluding carboxylic acids is 2. The van der Waals surface area contributed by atoms with E-state index in [0.717, 1.165) is 18.7 Å². The number of aliphatic hydroxyl groups is 1. The second-order valence-electron chi connectivity index (χ2n) is 8.54. The van der Waals surface area contributed by atoms with Crippen LogP contribution in [0.5, 0.6) is 17.2 Å². The number of benzene rings is 2. The SMILES string of the molecule is CCOc1ccc([C@H]2C(=C(O)c3ccc(OC)cc3C)C(=O)C(=O)N2CCN(CC)CC)cc1OC. The van der Waals surface area contributed by atoms with Crippen LogP contribution in [-0.2, 0) is 9.59 Å². The number of hydrogen-bond donors (Lipinski definition) is 1. The van der Waals surface area contributed by atoms with Crippen molar-refractivity contribution in [2.45, 2.75) is 33.7 Å². The highest BCUT2D eigenvalue weighted by atomic mass is 16.5. The highest BCUT2D eigenvalue weighted by molar-refractivity contribution is 6.46. The molecule has 1 atom stereocenters. The molecule has 3 rings (SSSR count). The molecule has 1 fully saturated rings. The van der Waals surface area contributed by atoms with Crippen molar-refractivity contribution in [2.75, 3.05) is 47.0 Å². The molecule has 1 aliphatic heterocycles. The van der Waals surface area contributed by atoms with E-state index in [0.29, 0.717) is 48.1 Å².